The van der Waals surface area contributed by atoms with Crippen molar-refractivity contribution in [3.8, 4) is 39.3 Å². The fourth-order valence-corrected chi connectivity index (χ4v) is 5.01. The maximum atomic E-state index is 15.2. The van der Waals surface area contributed by atoms with Crippen LogP contribution in [0.25, 0.3) is 39.6 Å². The number of alkyl halides is 2. The summed E-state index contributed by atoms with van der Waals surface area (Å²) in [7, 11) is 0. The quantitative estimate of drug-likeness (QED) is 0.0792. The highest BCUT2D eigenvalue weighted by molar-refractivity contribution is 5.74. The Hall–Kier alpha value is -5.06. The summed E-state index contributed by atoms with van der Waals surface area (Å²) in [5.74, 6) is -10.8. The van der Waals surface area contributed by atoms with E-state index in [1.807, 2.05) is 6.07 Å². The van der Waals surface area contributed by atoms with Crippen LogP contribution in [0, 0.1) is 40.7 Å². The van der Waals surface area contributed by atoms with Gasteiger partial charge < -0.3 is 4.74 Å². The standard InChI is InChI=1S/C37H26F9NO/c1-2-3-4-5-21-6-11-35(47-20-21)23-8-10-26(30(39)15-23)22-7-9-27(29(38)14-22)24-16-31(40)28(32(41)17-24)12-13-37(45,46)48-25-18-33(42)36(44)34(43)19-25/h6-20H,2-5H2,1H3. The first-order valence-electron chi connectivity index (χ1n) is 14.8. The predicted octanol–water partition coefficient (Wildman–Crippen LogP) is 11.5. The van der Waals surface area contributed by atoms with Crippen molar-refractivity contribution in [3.63, 3.8) is 0 Å². The van der Waals surface area contributed by atoms with Gasteiger partial charge in [-0.3, -0.25) is 4.98 Å². The van der Waals surface area contributed by atoms with Crippen molar-refractivity contribution in [2.45, 2.75) is 38.7 Å². The maximum absolute atomic E-state index is 15.2. The van der Waals surface area contributed by atoms with Gasteiger partial charge in [-0.15, -0.1) is 0 Å². The van der Waals surface area contributed by atoms with Crippen LogP contribution >= 0.6 is 0 Å². The Morgan fingerprint density at radius 3 is 1.81 bits per heavy atom. The lowest BCUT2D eigenvalue weighted by Gasteiger charge is -2.15. The summed E-state index contributed by atoms with van der Waals surface area (Å²) < 4.78 is 132. The topological polar surface area (TPSA) is 22.1 Å². The molecule has 0 aliphatic rings. The third kappa shape index (κ3) is 7.90. The van der Waals surface area contributed by atoms with E-state index in [9.17, 15) is 30.7 Å². The number of unbranched alkanes of at least 4 members (excludes halogenated alkanes) is 2. The Morgan fingerprint density at radius 2 is 1.23 bits per heavy atom. The molecule has 0 aliphatic heterocycles. The van der Waals surface area contributed by atoms with E-state index in [-0.39, 0.29) is 40.5 Å². The molecule has 0 saturated heterocycles. The number of hydrogen-bond acceptors (Lipinski definition) is 2. The number of benzene rings is 4. The van der Waals surface area contributed by atoms with E-state index in [0.29, 0.717) is 29.5 Å². The molecule has 1 heterocycles. The molecule has 0 saturated carbocycles. The van der Waals surface area contributed by atoms with Crippen molar-refractivity contribution in [1.29, 1.82) is 0 Å². The molecule has 2 nitrogen and oxygen atoms in total. The Balaban J connectivity index is 1.32. The maximum Gasteiger partial charge on any atom is 0.419 e. The lowest BCUT2D eigenvalue weighted by molar-refractivity contribution is -0.131. The molecule has 4 aromatic carbocycles. The number of aromatic nitrogens is 1. The summed E-state index contributed by atoms with van der Waals surface area (Å²) >= 11 is 0. The molecular weight excluding hydrogens is 645 g/mol. The zero-order chi connectivity index (χ0) is 34.6. The van der Waals surface area contributed by atoms with Crippen molar-refractivity contribution in [3.05, 3.63) is 137 Å². The smallest absolute Gasteiger partial charge is 0.419 e. The molecule has 0 spiro atoms. The van der Waals surface area contributed by atoms with Crippen LogP contribution in [0.5, 0.6) is 5.75 Å². The molecule has 0 atom stereocenters. The van der Waals surface area contributed by atoms with Crippen molar-refractivity contribution in [2.24, 2.45) is 0 Å². The average Bonchev–Trinajstić information content (AvgIpc) is 3.03. The average molecular weight is 672 g/mol. The van der Waals surface area contributed by atoms with E-state index in [1.165, 1.54) is 24.3 Å². The van der Waals surface area contributed by atoms with E-state index in [0.717, 1.165) is 37.3 Å². The second kappa shape index (κ2) is 14.4. The Bertz CT molecular complexity index is 1930. The molecule has 11 heteroatoms. The number of ether oxygens (including phenoxy) is 1. The monoisotopic (exact) mass is 671 g/mol. The van der Waals surface area contributed by atoms with E-state index >= 15 is 8.78 Å². The largest absolute Gasteiger partial charge is 0.429 e. The molecule has 0 aliphatic carbocycles. The Morgan fingerprint density at radius 1 is 0.646 bits per heavy atom. The molecule has 0 radical (unpaired) electrons. The summed E-state index contributed by atoms with van der Waals surface area (Å²) in [5, 5.41) is 0. The summed E-state index contributed by atoms with van der Waals surface area (Å²) in [5.41, 5.74) is 0.939. The second-order valence-corrected chi connectivity index (χ2v) is 10.9. The minimum absolute atomic E-state index is 0.0764. The fraction of sp³-hybridized carbons (Fsp3) is 0.162. The summed E-state index contributed by atoms with van der Waals surface area (Å²) in [6.45, 7) is 2.12. The predicted molar refractivity (Wildman–Crippen MR) is 165 cm³/mol. The van der Waals surface area contributed by atoms with Gasteiger partial charge in [0.05, 0.1) is 5.69 Å². The number of halogens is 9. The molecule has 5 rings (SSSR count). The lowest BCUT2D eigenvalue weighted by Crippen LogP contribution is -2.21. The first-order valence-corrected chi connectivity index (χ1v) is 14.8. The van der Waals surface area contributed by atoms with Crippen LogP contribution in [0.3, 0.4) is 0 Å². The van der Waals surface area contributed by atoms with Crippen molar-refractivity contribution in [2.75, 3.05) is 0 Å². The van der Waals surface area contributed by atoms with E-state index in [4.69, 9.17) is 0 Å². The normalized spacial score (nSPS) is 11.8. The van der Waals surface area contributed by atoms with Crippen LogP contribution in [-0.2, 0) is 6.42 Å². The van der Waals surface area contributed by atoms with Gasteiger partial charge in [0.1, 0.15) is 29.0 Å². The number of nitrogens with zero attached hydrogens (tertiary/aromatic N) is 1. The summed E-state index contributed by atoms with van der Waals surface area (Å²) in [6, 6.07) is 13.5. The SMILES string of the molecule is CCCCCc1ccc(-c2ccc(-c3ccc(-c4cc(F)c(C=CC(F)(F)Oc5cc(F)c(F)c(F)c5)c(F)c4)c(F)c3)c(F)c2)nc1. The molecule has 0 amide bonds. The Labute approximate surface area is 270 Å². The van der Waals surface area contributed by atoms with Gasteiger partial charge >= 0.3 is 6.11 Å². The van der Waals surface area contributed by atoms with Crippen LogP contribution in [0.1, 0.15) is 37.3 Å². The molecule has 48 heavy (non-hydrogen) atoms. The molecular formula is C37H26F9NO. The highest BCUT2D eigenvalue weighted by Crippen LogP contribution is 2.34. The van der Waals surface area contributed by atoms with Crippen molar-refractivity contribution >= 4 is 6.08 Å². The first-order chi connectivity index (χ1) is 22.8. The highest BCUT2D eigenvalue weighted by atomic mass is 19.3. The third-order valence-corrected chi connectivity index (χ3v) is 7.48. The molecule has 248 valence electrons. The van der Waals surface area contributed by atoms with E-state index in [2.05, 4.69) is 16.6 Å². The van der Waals surface area contributed by atoms with Gasteiger partial charge in [0.25, 0.3) is 0 Å². The molecule has 1 aromatic heterocycles. The minimum atomic E-state index is -4.32. The van der Waals surface area contributed by atoms with Gasteiger partial charge in [0.2, 0.25) is 0 Å². The van der Waals surface area contributed by atoms with Crippen LogP contribution in [0.4, 0.5) is 39.5 Å². The minimum Gasteiger partial charge on any atom is -0.429 e. The molecule has 0 bridgehead atoms. The van der Waals surface area contributed by atoms with Crippen LogP contribution in [0.2, 0.25) is 0 Å². The lowest BCUT2D eigenvalue weighted by atomic mass is 9.97. The van der Waals surface area contributed by atoms with Crippen molar-refractivity contribution < 1.29 is 44.3 Å². The van der Waals surface area contributed by atoms with E-state index < -0.39 is 58.1 Å². The molecule has 0 N–H and O–H groups in total. The number of aryl methyl sites for hydroxylation is 1. The number of pyridine rings is 1. The van der Waals surface area contributed by atoms with Gasteiger partial charge in [-0.25, -0.2) is 30.7 Å². The first kappa shape index (κ1) is 34.3. The third-order valence-electron chi connectivity index (χ3n) is 7.48. The Kier molecular flexibility index (Phi) is 10.3. The van der Waals surface area contributed by atoms with E-state index in [1.54, 1.807) is 18.3 Å². The van der Waals surface area contributed by atoms with Gasteiger partial charge in [-0.1, -0.05) is 50.1 Å². The van der Waals surface area contributed by atoms with Gasteiger partial charge in [-0.05, 0) is 65.9 Å². The molecule has 0 fully saturated rings. The zero-order valence-corrected chi connectivity index (χ0v) is 25.2. The van der Waals surface area contributed by atoms with Crippen LogP contribution < -0.4 is 4.74 Å². The van der Waals surface area contributed by atoms with Gasteiger partial charge in [-0.2, -0.15) is 8.78 Å². The highest BCUT2D eigenvalue weighted by Gasteiger charge is 2.29. The number of hydrogen-bond donors (Lipinski definition) is 0. The van der Waals surface area contributed by atoms with Crippen LogP contribution in [-0.4, -0.2) is 11.1 Å². The summed E-state index contributed by atoms with van der Waals surface area (Å²) in [4.78, 5) is 4.43. The second-order valence-electron chi connectivity index (χ2n) is 10.9. The zero-order valence-electron chi connectivity index (χ0n) is 25.2. The van der Waals surface area contributed by atoms with Gasteiger partial charge in [0, 0.05) is 46.7 Å². The van der Waals surface area contributed by atoms with Crippen molar-refractivity contribution in [1.82, 2.24) is 4.98 Å². The van der Waals surface area contributed by atoms with Crippen LogP contribution in [0.15, 0.2) is 85.1 Å². The molecule has 0 unspecified atom stereocenters. The molecule has 5 aromatic rings. The summed E-state index contributed by atoms with van der Waals surface area (Å²) in [6.07, 6.45) is 1.86. The van der Waals surface area contributed by atoms with Gasteiger partial charge in [0.15, 0.2) is 17.5 Å². The number of rotatable bonds is 11. The fourth-order valence-electron chi connectivity index (χ4n) is 5.01.